The minimum Gasteiger partial charge on any atom is -0.487 e. The van der Waals surface area contributed by atoms with Gasteiger partial charge in [-0.15, -0.1) is 0 Å². The largest absolute Gasteiger partial charge is 0.487 e. The number of nitrogens with two attached hydrogens (primary N) is 1. The van der Waals surface area contributed by atoms with Crippen molar-refractivity contribution >= 4 is 0 Å². The lowest BCUT2D eigenvalue weighted by atomic mass is 10.1. The molecule has 1 atom stereocenters. The van der Waals surface area contributed by atoms with E-state index >= 15 is 0 Å². The lowest BCUT2D eigenvalue weighted by Gasteiger charge is -2.10. The predicted molar refractivity (Wildman–Crippen MR) is 75.9 cm³/mol. The second-order valence-corrected chi connectivity index (χ2v) is 4.72. The molecule has 0 saturated carbocycles. The van der Waals surface area contributed by atoms with Gasteiger partial charge in [0.2, 0.25) is 0 Å². The van der Waals surface area contributed by atoms with Gasteiger partial charge >= 0.3 is 0 Å². The molecule has 0 saturated heterocycles. The van der Waals surface area contributed by atoms with Crippen LogP contribution in [-0.4, -0.2) is 9.55 Å². The average molecular weight is 259 g/mol. The molecule has 0 unspecified atom stereocenters. The molecule has 0 aliphatic rings. The summed E-state index contributed by atoms with van der Waals surface area (Å²) in [5, 5.41) is 0. The molecule has 1 aromatic heterocycles. The number of hydrogen-bond acceptors (Lipinski definition) is 3. The number of aromatic nitrogens is 2. The minimum atomic E-state index is 0.0556. The molecule has 2 aromatic rings. The SMILES string of the molecule is CCCn1cncc1COc1ccc([C@H](C)N)cc1. The summed E-state index contributed by atoms with van der Waals surface area (Å²) >= 11 is 0. The summed E-state index contributed by atoms with van der Waals surface area (Å²) in [6.07, 6.45) is 4.79. The van der Waals surface area contributed by atoms with Crippen molar-refractivity contribution in [1.82, 2.24) is 9.55 Å². The average Bonchev–Trinajstić information content (AvgIpc) is 2.85. The fourth-order valence-electron chi connectivity index (χ4n) is 1.94. The van der Waals surface area contributed by atoms with Gasteiger partial charge in [0.1, 0.15) is 12.4 Å². The van der Waals surface area contributed by atoms with Crippen LogP contribution in [0.3, 0.4) is 0 Å². The Morgan fingerprint density at radius 2 is 2.05 bits per heavy atom. The first kappa shape index (κ1) is 13.6. The third-order valence-electron chi connectivity index (χ3n) is 3.06. The Hall–Kier alpha value is -1.81. The van der Waals surface area contributed by atoms with Gasteiger partial charge in [-0.3, -0.25) is 0 Å². The van der Waals surface area contributed by atoms with Crippen LogP contribution in [-0.2, 0) is 13.2 Å². The first-order chi connectivity index (χ1) is 9.20. The highest BCUT2D eigenvalue weighted by atomic mass is 16.5. The maximum absolute atomic E-state index is 5.82. The number of ether oxygens (including phenoxy) is 1. The maximum atomic E-state index is 5.82. The zero-order valence-corrected chi connectivity index (χ0v) is 11.5. The van der Waals surface area contributed by atoms with E-state index in [9.17, 15) is 0 Å². The van der Waals surface area contributed by atoms with Crippen molar-refractivity contribution in [2.24, 2.45) is 5.73 Å². The van der Waals surface area contributed by atoms with E-state index in [1.807, 2.05) is 43.7 Å². The molecule has 0 aliphatic heterocycles. The van der Waals surface area contributed by atoms with Gasteiger partial charge in [0.15, 0.2) is 0 Å². The van der Waals surface area contributed by atoms with Crippen molar-refractivity contribution in [2.45, 2.75) is 39.5 Å². The third-order valence-corrected chi connectivity index (χ3v) is 3.06. The number of imidazole rings is 1. The molecule has 0 fully saturated rings. The van der Waals surface area contributed by atoms with E-state index in [0.717, 1.165) is 30.0 Å². The lowest BCUT2D eigenvalue weighted by Crippen LogP contribution is -2.06. The first-order valence-electron chi connectivity index (χ1n) is 6.68. The molecule has 4 heteroatoms. The first-order valence-corrected chi connectivity index (χ1v) is 6.68. The van der Waals surface area contributed by atoms with Crippen LogP contribution in [0.4, 0.5) is 0 Å². The van der Waals surface area contributed by atoms with Crippen LogP contribution in [0.25, 0.3) is 0 Å². The van der Waals surface area contributed by atoms with Crippen molar-refractivity contribution in [3.63, 3.8) is 0 Å². The van der Waals surface area contributed by atoms with Gasteiger partial charge in [-0.05, 0) is 31.0 Å². The van der Waals surface area contributed by atoms with Gasteiger partial charge in [0, 0.05) is 12.6 Å². The van der Waals surface area contributed by atoms with Gasteiger partial charge in [-0.25, -0.2) is 4.98 Å². The molecule has 102 valence electrons. The molecule has 1 aromatic carbocycles. The molecule has 19 heavy (non-hydrogen) atoms. The zero-order valence-electron chi connectivity index (χ0n) is 11.5. The monoisotopic (exact) mass is 259 g/mol. The van der Waals surface area contributed by atoms with Crippen molar-refractivity contribution in [1.29, 1.82) is 0 Å². The molecule has 0 amide bonds. The fourth-order valence-corrected chi connectivity index (χ4v) is 1.94. The van der Waals surface area contributed by atoms with Crippen LogP contribution < -0.4 is 10.5 Å². The van der Waals surface area contributed by atoms with Crippen molar-refractivity contribution in [2.75, 3.05) is 0 Å². The number of nitrogens with zero attached hydrogens (tertiary/aromatic N) is 2. The van der Waals surface area contributed by atoms with E-state index in [2.05, 4.69) is 16.5 Å². The third kappa shape index (κ3) is 3.58. The van der Waals surface area contributed by atoms with Crippen LogP contribution in [0, 0.1) is 0 Å². The minimum absolute atomic E-state index is 0.0556. The number of rotatable bonds is 6. The summed E-state index contributed by atoms with van der Waals surface area (Å²) < 4.78 is 7.89. The molecule has 4 nitrogen and oxygen atoms in total. The van der Waals surface area contributed by atoms with Crippen LogP contribution in [0.1, 0.15) is 37.6 Å². The molecule has 2 N–H and O–H groups in total. The number of aryl methyl sites for hydroxylation is 1. The fraction of sp³-hybridized carbons (Fsp3) is 0.400. The molecule has 0 aliphatic carbocycles. The van der Waals surface area contributed by atoms with E-state index in [4.69, 9.17) is 10.5 Å². The topological polar surface area (TPSA) is 53.1 Å². The summed E-state index contributed by atoms with van der Waals surface area (Å²) in [7, 11) is 0. The second kappa shape index (κ2) is 6.38. The molecule has 2 rings (SSSR count). The van der Waals surface area contributed by atoms with E-state index in [0.29, 0.717) is 6.61 Å². The normalized spacial score (nSPS) is 12.4. The van der Waals surface area contributed by atoms with Crippen molar-refractivity contribution in [3.05, 3.63) is 48.0 Å². The summed E-state index contributed by atoms with van der Waals surface area (Å²) in [4.78, 5) is 4.16. The Balaban J connectivity index is 1.96. The summed E-state index contributed by atoms with van der Waals surface area (Å²) in [6, 6.07) is 7.98. The number of benzene rings is 1. The Labute approximate surface area is 114 Å². The molecule has 0 spiro atoms. The number of hydrogen-bond donors (Lipinski definition) is 1. The Bertz CT molecular complexity index is 502. The summed E-state index contributed by atoms with van der Waals surface area (Å²) in [5.41, 5.74) is 8.03. The van der Waals surface area contributed by atoms with Crippen LogP contribution >= 0.6 is 0 Å². The van der Waals surface area contributed by atoms with Crippen molar-refractivity contribution in [3.8, 4) is 5.75 Å². The van der Waals surface area contributed by atoms with Gasteiger partial charge in [-0.2, -0.15) is 0 Å². The van der Waals surface area contributed by atoms with Gasteiger partial charge in [-0.1, -0.05) is 19.1 Å². The standard InChI is InChI=1S/C15H21N3O/c1-3-8-18-11-17-9-14(18)10-19-15-6-4-13(5-7-15)12(2)16/h4-7,9,11-12H,3,8,10,16H2,1-2H3/t12-/m0/s1. The van der Waals surface area contributed by atoms with Gasteiger partial charge < -0.3 is 15.0 Å². The highest BCUT2D eigenvalue weighted by molar-refractivity contribution is 5.28. The smallest absolute Gasteiger partial charge is 0.130 e. The van der Waals surface area contributed by atoms with Crippen LogP contribution in [0.5, 0.6) is 5.75 Å². The van der Waals surface area contributed by atoms with E-state index in [1.165, 1.54) is 0 Å². The Kier molecular flexibility index (Phi) is 4.58. The van der Waals surface area contributed by atoms with Crippen LogP contribution in [0.15, 0.2) is 36.8 Å². The molecule has 0 bridgehead atoms. The second-order valence-electron chi connectivity index (χ2n) is 4.72. The van der Waals surface area contributed by atoms with Gasteiger partial charge in [0.05, 0.1) is 18.2 Å². The van der Waals surface area contributed by atoms with E-state index < -0.39 is 0 Å². The molecular weight excluding hydrogens is 238 g/mol. The maximum Gasteiger partial charge on any atom is 0.130 e. The van der Waals surface area contributed by atoms with Crippen molar-refractivity contribution < 1.29 is 4.74 Å². The van der Waals surface area contributed by atoms with Crippen LogP contribution in [0.2, 0.25) is 0 Å². The highest BCUT2D eigenvalue weighted by Crippen LogP contribution is 2.17. The summed E-state index contributed by atoms with van der Waals surface area (Å²) in [5.74, 6) is 0.855. The van der Waals surface area contributed by atoms with E-state index in [1.54, 1.807) is 0 Å². The Morgan fingerprint density at radius 3 is 2.68 bits per heavy atom. The zero-order chi connectivity index (χ0) is 13.7. The van der Waals surface area contributed by atoms with Gasteiger partial charge in [0.25, 0.3) is 0 Å². The quantitative estimate of drug-likeness (QED) is 0.867. The highest BCUT2D eigenvalue weighted by Gasteiger charge is 2.03. The molecular formula is C15H21N3O. The summed E-state index contributed by atoms with van der Waals surface area (Å²) in [6.45, 7) is 5.64. The Morgan fingerprint density at radius 1 is 1.32 bits per heavy atom. The molecule has 0 radical (unpaired) electrons. The predicted octanol–water partition coefficient (Wildman–Crippen LogP) is 2.89. The van der Waals surface area contributed by atoms with E-state index in [-0.39, 0.29) is 6.04 Å². The lowest BCUT2D eigenvalue weighted by molar-refractivity contribution is 0.294. The molecule has 1 heterocycles.